The monoisotopic (exact) mass is 238 g/mol. The Labute approximate surface area is 106 Å². The van der Waals surface area contributed by atoms with E-state index >= 15 is 0 Å². The van der Waals surface area contributed by atoms with E-state index < -0.39 is 0 Å². The van der Waals surface area contributed by atoms with Crippen molar-refractivity contribution < 1.29 is 10.2 Å². The van der Waals surface area contributed by atoms with Crippen molar-refractivity contribution in [1.82, 2.24) is 0 Å². The largest absolute Gasteiger partial charge is 0.508 e. The molecule has 0 saturated heterocycles. The molecular formula is C16H14O2. The topological polar surface area (TPSA) is 40.5 Å². The van der Waals surface area contributed by atoms with Crippen molar-refractivity contribution in [2.75, 3.05) is 0 Å². The standard InChI is InChI=1S/C16H14O2/c1-12(14-7-9-15(17)10-8-14)5-6-13-3-2-4-16(18)11-13/h2-11,17-18H,1H2/b6-5+. The van der Waals surface area contributed by atoms with E-state index in [2.05, 4.69) is 6.58 Å². The summed E-state index contributed by atoms with van der Waals surface area (Å²) in [4.78, 5) is 0. The number of rotatable bonds is 3. The Kier molecular flexibility index (Phi) is 3.49. The molecule has 0 aliphatic heterocycles. The van der Waals surface area contributed by atoms with Crippen LogP contribution in [0.25, 0.3) is 11.6 Å². The minimum absolute atomic E-state index is 0.239. The summed E-state index contributed by atoms with van der Waals surface area (Å²) in [7, 11) is 0. The summed E-state index contributed by atoms with van der Waals surface area (Å²) in [5.74, 6) is 0.482. The molecule has 0 atom stereocenters. The SMILES string of the molecule is C=C(/C=C/c1cccc(O)c1)c1ccc(O)cc1. The maximum atomic E-state index is 9.34. The van der Waals surface area contributed by atoms with Gasteiger partial charge in [0.25, 0.3) is 0 Å². The molecule has 0 amide bonds. The number of allylic oxidation sites excluding steroid dienone is 2. The molecular weight excluding hydrogens is 224 g/mol. The fourth-order valence-electron chi connectivity index (χ4n) is 1.60. The second kappa shape index (κ2) is 5.23. The molecule has 0 aliphatic carbocycles. The van der Waals surface area contributed by atoms with Gasteiger partial charge < -0.3 is 10.2 Å². The van der Waals surface area contributed by atoms with E-state index in [1.165, 1.54) is 0 Å². The Balaban J connectivity index is 2.14. The van der Waals surface area contributed by atoms with Crippen molar-refractivity contribution in [3.05, 3.63) is 72.3 Å². The van der Waals surface area contributed by atoms with Crippen molar-refractivity contribution in [2.24, 2.45) is 0 Å². The summed E-state index contributed by atoms with van der Waals surface area (Å²) in [5, 5.41) is 18.5. The second-order valence-corrected chi connectivity index (χ2v) is 4.00. The predicted octanol–water partition coefficient (Wildman–Crippen LogP) is 3.82. The van der Waals surface area contributed by atoms with Gasteiger partial charge in [0.2, 0.25) is 0 Å². The molecule has 0 aromatic heterocycles. The summed E-state index contributed by atoms with van der Waals surface area (Å²) < 4.78 is 0. The molecule has 0 spiro atoms. The lowest BCUT2D eigenvalue weighted by atomic mass is 10.1. The number of aromatic hydroxyl groups is 2. The quantitative estimate of drug-likeness (QED) is 0.798. The first-order valence-electron chi connectivity index (χ1n) is 5.60. The van der Waals surface area contributed by atoms with Crippen LogP contribution in [0.1, 0.15) is 11.1 Å². The van der Waals surface area contributed by atoms with Crippen LogP contribution in [0.15, 0.2) is 61.2 Å². The third-order valence-electron chi connectivity index (χ3n) is 2.59. The molecule has 18 heavy (non-hydrogen) atoms. The van der Waals surface area contributed by atoms with Crippen LogP contribution in [0, 0.1) is 0 Å². The molecule has 2 heteroatoms. The lowest BCUT2D eigenvalue weighted by molar-refractivity contribution is 0.474. The van der Waals surface area contributed by atoms with Crippen LogP contribution < -0.4 is 0 Å². The van der Waals surface area contributed by atoms with E-state index in [4.69, 9.17) is 0 Å². The van der Waals surface area contributed by atoms with Gasteiger partial charge in [-0.3, -0.25) is 0 Å². The van der Waals surface area contributed by atoms with Crippen LogP contribution in [-0.2, 0) is 0 Å². The minimum atomic E-state index is 0.239. The van der Waals surface area contributed by atoms with Crippen molar-refractivity contribution >= 4 is 11.6 Å². The molecule has 0 bridgehead atoms. The van der Waals surface area contributed by atoms with E-state index in [0.717, 1.165) is 16.7 Å². The highest BCUT2D eigenvalue weighted by atomic mass is 16.3. The summed E-state index contributed by atoms with van der Waals surface area (Å²) >= 11 is 0. The molecule has 90 valence electrons. The van der Waals surface area contributed by atoms with Crippen LogP contribution >= 0.6 is 0 Å². The molecule has 0 radical (unpaired) electrons. The van der Waals surface area contributed by atoms with Crippen molar-refractivity contribution in [3.63, 3.8) is 0 Å². The first-order valence-corrected chi connectivity index (χ1v) is 5.60. The molecule has 2 N–H and O–H groups in total. The van der Waals surface area contributed by atoms with Gasteiger partial charge in [-0.25, -0.2) is 0 Å². The maximum Gasteiger partial charge on any atom is 0.116 e. The highest BCUT2D eigenvalue weighted by Gasteiger charge is 1.95. The first-order chi connectivity index (χ1) is 8.65. The third-order valence-corrected chi connectivity index (χ3v) is 2.59. The molecule has 2 nitrogen and oxygen atoms in total. The summed E-state index contributed by atoms with van der Waals surface area (Å²) in [6.45, 7) is 3.96. The van der Waals surface area contributed by atoms with Gasteiger partial charge in [-0.2, -0.15) is 0 Å². The van der Waals surface area contributed by atoms with Gasteiger partial charge in [-0.1, -0.05) is 43.0 Å². The van der Waals surface area contributed by atoms with E-state index in [1.54, 1.807) is 30.3 Å². The molecule has 0 aliphatic rings. The van der Waals surface area contributed by atoms with Crippen molar-refractivity contribution in [1.29, 1.82) is 0 Å². The van der Waals surface area contributed by atoms with E-state index in [0.29, 0.717) is 0 Å². The second-order valence-electron chi connectivity index (χ2n) is 4.00. The smallest absolute Gasteiger partial charge is 0.116 e. The van der Waals surface area contributed by atoms with Crippen LogP contribution in [0.5, 0.6) is 11.5 Å². The number of hydrogen-bond acceptors (Lipinski definition) is 2. The fourth-order valence-corrected chi connectivity index (χ4v) is 1.60. The van der Waals surface area contributed by atoms with Crippen LogP contribution in [0.2, 0.25) is 0 Å². The van der Waals surface area contributed by atoms with E-state index in [9.17, 15) is 10.2 Å². The maximum absolute atomic E-state index is 9.34. The Morgan fingerprint density at radius 3 is 2.33 bits per heavy atom. The van der Waals surface area contributed by atoms with Gasteiger partial charge >= 0.3 is 0 Å². The summed E-state index contributed by atoms with van der Waals surface area (Å²) in [6.07, 6.45) is 3.76. The first kappa shape index (κ1) is 12.0. The van der Waals surface area contributed by atoms with Gasteiger partial charge in [-0.15, -0.1) is 0 Å². The Hall–Kier alpha value is -2.48. The molecule has 2 aromatic carbocycles. The zero-order chi connectivity index (χ0) is 13.0. The van der Waals surface area contributed by atoms with Crippen molar-refractivity contribution in [3.8, 4) is 11.5 Å². The van der Waals surface area contributed by atoms with Gasteiger partial charge in [-0.05, 0) is 41.0 Å². The average molecular weight is 238 g/mol. The lowest BCUT2D eigenvalue weighted by Gasteiger charge is -2.01. The minimum Gasteiger partial charge on any atom is -0.508 e. The van der Waals surface area contributed by atoms with E-state index in [1.807, 2.05) is 30.4 Å². The summed E-state index contributed by atoms with van der Waals surface area (Å²) in [5.41, 5.74) is 2.71. The number of hydrogen-bond donors (Lipinski definition) is 2. The normalized spacial score (nSPS) is 10.7. The van der Waals surface area contributed by atoms with Gasteiger partial charge in [0, 0.05) is 0 Å². The highest BCUT2D eigenvalue weighted by molar-refractivity contribution is 5.77. The van der Waals surface area contributed by atoms with Crippen LogP contribution in [0.4, 0.5) is 0 Å². The predicted molar refractivity (Wildman–Crippen MR) is 74.3 cm³/mol. The van der Waals surface area contributed by atoms with Gasteiger partial charge in [0.05, 0.1) is 0 Å². The Morgan fingerprint density at radius 2 is 1.67 bits per heavy atom. The summed E-state index contributed by atoms with van der Waals surface area (Å²) in [6, 6.07) is 13.9. The van der Waals surface area contributed by atoms with Crippen LogP contribution in [0.3, 0.4) is 0 Å². The number of phenols is 2. The van der Waals surface area contributed by atoms with Gasteiger partial charge in [0.15, 0.2) is 0 Å². The van der Waals surface area contributed by atoms with Crippen molar-refractivity contribution in [2.45, 2.75) is 0 Å². The number of benzene rings is 2. The highest BCUT2D eigenvalue weighted by Crippen LogP contribution is 2.19. The van der Waals surface area contributed by atoms with Gasteiger partial charge in [0.1, 0.15) is 11.5 Å². The molecule has 0 unspecified atom stereocenters. The zero-order valence-corrected chi connectivity index (χ0v) is 9.88. The average Bonchev–Trinajstić information content (AvgIpc) is 2.37. The lowest BCUT2D eigenvalue weighted by Crippen LogP contribution is -1.78. The zero-order valence-electron chi connectivity index (χ0n) is 9.88. The van der Waals surface area contributed by atoms with E-state index in [-0.39, 0.29) is 11.5 Å². The number of phenolic OH excluding ortho intramolecular Hbond substituents is 2. The molecule has 0 saturated carbocycles. The Bertz CT molecular complexity index is 580. The third kappa shape index (κ3) is 3.01. The van der Waals surface area contributed by atoms with Crippen LogP contribution in [-0.4, -0.2) is 10.2 Å². The Morgan fingerprint density at radius 1 is 0.944 bits per heavy atom. The molecule has 0 heterocycles. The molecule has 2 rings (SSSR count). The molecule has 0 fully saturated rings. The molecule has 2 aromatic rings. The fraction of sp³-hybridized carbons (Fsp3) is 0.